The Balaban J connectivity index is 1.55. The number of carbonyl (C=O) groups is 1. The lowest BCUT2D eigenvalue weighted by Crippen LogP contribution is -2.46. The molecule has 0 saturated carbocycles. The van der Waals surface area contributed by atoms with Crippen molar-refractivity contribution in [2.24, 2.45) is 5.92 Å². The van der Waals surface area contributed by atoms with Crippen molar-refractivity contribution >= 4 is 5.78 Å². The lowest BCUT2D eigenvalue weighted by Gasteiger charge is -2.35. The molecule has 0 radical (unpaired) electrons. The van der Waals surface area contributed by atoms with Crippen molar-refractivity contribution in [1.29, 1.82) is 0 Å². The number of nitrogens with zero attached hydrogens (tertiary/aromatic N) is 3. The summed E-state index contributed by atoms with van der Waals surface area (Å²) in [5.74, 6) is 0.746. The number of methoxy groups -OCH3 is 1. The Bertz CT molecular complexity index is 1200. The number of morpholine rings is 1. The number of hydrogen-bond donors (Lipinski definition) is 0. The van der Waals surface area contributed by atoms with Gasteiger partial charge in [-0.05, 0) is 49.9 Å². The minimum Gasteiger partial charge on any atom is -0.494 e. The molecule has 6 nitrogen and oxygen atoms in total. The number of aromatic nitrogens is 2. The number of ether oxygens (including phenoxy) is 2. The van der Waals surface area contributed by atoms with Gasteiger partial charge in [-0.2, -0.15) is 0 Å². The molecule has 37 heavy (non-hydrogen) atoms. The standard InChI is InChI=1S/C30H38FN3O3/c1-20(2)14-26(35)18-34-19-28(32-30(34)25-10-11-27(31)29(15-25)36-5)24-8-6-23(7-9-24)12-13-33-16-21(3)37-22(4)17-33/h6-11,15,19-22H,12-14,16-18H2,1-5H3. The van der Waals surface area contributed by atoms with E-state index in [1.807, 2.05) is 24.6 Å². The van der Waals surface area contributed by atoms with Gasteiger partial charge in [0.05, 0.1) is 31.6 Å². The minimum atomic E-state index is -0.433. The van der Waals surface area contributed by atoms with Crippen LogP contribution >= 0.6 is 0 Å². The highest BCUT2D eigenvalue weighted by Crippen LogP contribution is 2.29. The predicted octanol–water partition coefficient (Wildman–Crippen LogP) is 5.63. The van der Waals surface area contributed by atoms with Crippen molar-refractivity contribution < 1.29 is 18.7 Å². The number of ketones is 1. The Morgan fingerprint density at radius 2 is 1.78 bits per heavy atom. The quantitative estimate of drug-likeness (QED) is 0.356. The average molecular weight is 508 g/mol. The molecule has 1 saturated heterocycles. The zero-order valence-electron chi connectivity index (χ0n) is 22.5. The first-order valence-corrected chi connectivity index (χ1v) is 13.1. The van der Waals surface area contributed by atoms with Gasteiger partial charge in [-0.25, -0.2) is 9.37 Å². The van der Waals surface area contributed by atoms with E-state index in [0.717, 1.165) is 37.3 Å². The normalized spacial score (nSPS) is 18.4. The fraction of sp³-hybridized carbons (Fsp3) is 0.467. The van der Waals surface area contributed by atoms with Gasteiger partial charge in [0.1, 0.15) is 5.82 Å². The molecular formula is C30H38FN3O3. The summed E-state index contributed by atoms with van der Waals surface area (Å²) in [7, 11) is 1.44. The van der Waals surface area contributed by atoms with Gasteiger partial charge < -0.3 is 14.0 Å². The summed E-state index contributed by atoms with van der Waals surface area (Å²) in [6, 6.07) is 13.1. The molecule has 2 heterocycles. The van der Waals surface area contributed by atoms with E-state index in [9.17, 15) is 9.18 Å². The van der Waals surface area contributed by atoms with Crippen LogP contribution in [0.3, 0.4) is 0 Å². The summed E-state index contributed by atoms with van der Waals surface area (Å²) in [6.45, 7) is 11.5. The Hall–Kier alpha value is -3.03. The van der Waals surface area contributed by atoms with Gasteiger partial charge in [0.25, 0.3) is 0 Å². The van der Waals surface area contributed by atoms with E-state index >= 15 is 0 Å². The van der Waals surface area contributed by atoms with Crippen LogP contribution in [0.4, 0.5) is 4.39 Å². The molecule has 3 aromatic rings. The van der Waals surface area contributed by atoms with Crippen molar-refractivity contribution in [2.75, 3.05) is 26.7 Å². The van der Waals surface area contributed by atoms with Gasteiger partial charge in [-0.3, -0.25) is 9.69 Å². The summed E-state index contributed by atoms with van der Waals surface area (Å²) >= 11 is 0. The molecule has 0 spiro atoms. The maximum Gasteiger partial charge on any atom is 0.165 e. The molecule has 0 N–H and O–H groups in total. The predicted molar refractivity (Wildman–Crippen MR) is 144 cm³/mol. The second-order valence-corrected chi connectivity index (χ2v) is 10.5. The van der Waals surface area contributed by atoms with Crippen LogP contribution in [0.25, 0.3) is 22.6 Å². The SMILES string of the molecule is COc1cc(-c2nc(-c3ccc(CCN4CC(C)OC(C)C4)cc3)cn2CC(=O)CC(C)C)ccc1F. The zero-order valence-corrected chi connectivity index (χ0v) is 22.5. The summed E-state index contributed by atoms with van der Waals surface area (Å²) < 4.78 is 26.9. The molecule has 1 aromatic heterocycles. The van der Waals surface area contributed by atoms with Crippen molar-refractivity contribution in [1.82, 2.24) is 14.5 Å². The summed E-state index contributed by atoms with van der Waals surface area (Å²) in [5.41, 5.74) is 3.72. The Kier molecular flexibility index (Phi) is 8.77. The lowest BCUT2D eigenvalue weighted by molar-refractivity contribution is -0.120. The highest BCUT2D eigenvalue weighted by Gasteiger charge is 2.22. The topological polar surface area (TPSA) is 56.6 Å². The largest absolute Gasteiger partial charge is 0.494 e. The van der Waals surface area contributed by atoms with Crippen LogP contribution in [0.15, 0.2) is 48.7 Å². The van der Waals surface area contributed by atoms with Crippen molar-refractivity contribution in [2.45, 2.75) is 59.3 Å². The average Bonchev–Trinajstić information content (AvgIpc) is 3.25. The molecule has 1 aliphatic rings. The highest BCUT2D eigenvalue weighted by atomic mass is 19.1. The first-order chi connectivity index (χ1) is 17.7. The molecule has 198 valence electrons. The molecule has 2 aromatic carbocycles. The van der Waals surface area contributed by atoms with Crippen LogP contribution in [0.5, 0.6) is 5.75 Å². The lowest BCUT2D eigenvalue weighted by atomic mass is 10.1. The van der Waals surface area contributed by atoms with Gasteiger partial charge >= 0.3 is 0 Å². The molecule has 4 rings (SSSR count). The number of benzene rings is 2. The third-order valence-corrected chi connectivity index (χ3v) is 6.63. The van der Waals surface area contributed by atoms with E-state index in [4.69, 9.17) is 14.5 Å². The third-order valence-electron chi connectivity index (χ3n) is 6.63. The molecule has 1 aliphatic heterocycles. The molecule has 0 bridgehead atoms. The number of halogens is 1. The number of carbonyl (C=O) groups excluding carboxylic acids is 1. The Morgan fingerprint density at radius 1 is 1.11 bits per heavy atom. The number of rotatable bonds is 10. The van der Waals surface area contributed by atoms with Crippen LogP contribution in [0.1, 0.15) is 39.7 Å². The van der Waals surface area contributed by atoms with Crippen molar-refractivity contribution in [3.8, 4) is 28.4 Å². The summed E-state index contributed by atoms with van der Waals surface area (Å²) in [5, 5.41) is 0. The van der Waals surface area contributed by atoms with E-state index in [-0.39, 0.29) is 36.2 Å². The van der Waals surface area contributed by atoms with E-state index in [1.165, 1.54) is 18.7 Å². The van der Waals surface area contributed by atoms with Crippen molar-refractivity contribution in [3.63, 3.8) is 0 Å². The maximum atomic E-state index is 14.1. The molecule has 7 heteroatoms. The number of imidazole rings is 1. The second-order valence-electron chi connectivity index (χ2n) is 10.5. The molecule has 2 unspecified atom stereocenters. The van der Waals surface area contributed by atoms with Crippen molar-refractivity contribution in [3.05, 3.63) is 60.0 Å². The van der Waals surface area contributed by atoms with E-state index in [0.29, 0.717) is 17.8 Å². The Morgan fingerprint density at radius 3 is 2.43 bits per heavy atom. The van der Waals surface area contributed by atoms with E-state index in [2.05, 4.69) is 43.0 Å². The molecule has 0 amide bonds. The van der Waals surface area contributed by atoms with E-state index < -0.39 is 5.82 Å². The Labute approximate surface area is 219 Å². The van der Waals surface area contributed by atoms with Crippen LogP contribution in [-0.2, 0) is 22.5 Å². The van der Waals surface area contributed by atoms with Gasteiger partial charge in [0.15, 0.2) is 17.3 Å². The molecule has 1 fully saturated rings. The zero-order chi connectivity index (χ0) is 26.5. The number of Topliss-reactive ketones (excluding diaryl/α,β-unsaturated/α-hetero) is 1. The highest BCUT2D eigenvalue weighted by molar-refractivity contribution is 5.79. The molecular weight excluding hydrogens is 469 g/mol. The van der Waals surface area contributed by atoms with Crippen LogP contribution in [-0.4, -0.2) is 59.2 Å². The van der Waals surface area contributed by atoms with Crippen LogP contribution < -0.4 is 4.74 Å². The fourth-order valence-electron chi connectivity index (χ4n) is 5.01. The van der Waals surface area contributed by atoms with Crippen LogP contribution in [0, 0.1) is 11.7 Å². The monoisotopic (exact) mass is 507 g/mol. The second kappa shape index (κ2) is 12.0. The summed E-state index contributed by atoms with van der Waals surface area (Å²) in [6.07, 6.45) is 3.91. The first kappa shape index (κ1) is 27.0. The summed E-state index contributed by atoms with van der Waals surface area (Å²) in [4.78, 5) is 20.0. The van der Waals surface area contributed by atoms with Gasteiger partial charge in [0, 0.05) is 43.4 Å². The van der Waals surface area contributed by atoms with E-state index in [1.54, 1.807) is 12.1 Å². The van der Waals surface area contributed by atoms with Gasteiger partial charge in [-0.1, -0.05) is 38.1 Å². The maximum absolute atomic E-state index is 14.1. The van der Waals surface area contributed by atoms with Gasteiger partial charge in [0.2, 0.25) is 0 Å². The minimum absolute atomic E-state index is 0.136. The third kappa shape index (κ3) is 7.05. The van der Waals surface area contributed by atoms with Crippen LogP contribution in [0.2, 0.25) is 0 Å². The molecule has 0 aliphatic carbocycles. The first-order valence-electron chi connectivity index (χ1n) is 13.1. The number of hydrogen-bond acceptors (Lipinski definition) is 5. The van der Waals surface area contributed by atoms with Gasteiger partial charge in [-0.15, -0.1) is 0 Å². The molecule has 2 atom stereocenters. The fourth-order valence-corrected chi connectivity index (χ4v) is 5.01. The smallest absolute Gasteiger partial charge is 0.165 e.